The van der Waals surface area contributed by atoms with Gasteiger partial charge in [-0.2, -0.15) is 0 Å². The molecule has 0 aromatic heterocycles. The Bertz CT molecular complexity index is 1020. The monoisotopic (exact) mass is 715 g/mol. The Kier molecular flexibility index (Phi) is 26.0. The summed E-state index contributed by atoms with van der Waals surface area (Å²) < 4.78 is 16.6. The minimum absolute atomic E-state index is 0.00951. The summed E-state index contributed by atoms with van der Waals surface area (Å²) >= 11 is 0. The van der Waals surface area contributed by atoms with Gasteiger partial charge in [-0.1, -0.05) is 51.2 Å². The highest BCUT2D eigenvalue weighted by atomic mass is 16.6. The van der Waals surface area contributed by atoms with Crippen molar-refractivity contribution in [3.63, 3.8) is 0 Å². The molecule has 0 heterocycles. The van der Waals surface area contributed by atoms with Gasteiger partial charge in [0.1, 0.15) is 32.4 Å². The number of rotatable bonds is 30. The molecule has 0 saturated heterocycles. The second-order valence-corrected chi connectivity index (χ2v) is 14.4. The molecule has 2 atom stereocenters. The molecule has 0 bridgehead atoms. The molecule has 0 spiro atoms. The minimum Gasteiger partial charge on any atom is -0.460 e. The van der Waals surface area contributed by atoms with E-state index in [2.05, 4.69) is 23.6 Å². The number of amides is 2. The average molecular weight is 715 g/mol. The Morgan fingerprint density at radius 2 is 1.26 bits per heavy atom. The van der Waals surface area contributed by atoms with E-state index in [-0.39, 0.29) is 42.9 Å². The van der Waals surface area contributed by atoms with Crippen molar-refractivity contribution in [3.8, 4) is 0 Å². The van der Waals surface area contributed by atoms with Crippen molar-refractivity contribution >= 4 is 29.7 Å². The molecular formula is C37H70N4O9+2. The van der Waals surface area contributed by atoms with E-state index in [1.807, 2.05) is 34.3 Å². The molecule has 0 aliphatic carbocycles. The third kappa shape index (κ3) is 28.8. The fourth-order valence-electron chi connectivity index (χ4n) is 5.11. The van der Waals surface area contributed by atoms with Gasteiger partial charge >= 0.3 is 17.9 Å². The largest absolute Gasteiger partial charge is 0.460 e. The van der Waals surface area contributed by atoms with Crippen LogP contribution in [-0.4, -0.2) is 137 Å². The smallest absolute Gasteiger partial charge is 0.362 e. The molecule has 0 saturated carbocycles. The van der Waals surface area contributed by atoms with Gasteiger partial charge in [0.05, 0.1) is 47.3 Å². The first-order valence-electron chi connectivity index (χ1n) is 18.5. The van der Waals surface area contributed by atoms with Crippen LogP contribution in [0.25, 0.3) is 0 Å². The third-order valence-corrected chi connectivity index (χ3v) is 8.40. The van der Waals surface area contributed by atoms with Crippen molar-refractivity contribution in [2.45, 2.75) is 116 Å². The van der Waals surface area contributed by atoms with E-state index >= 15 is 0 Å². The van der Waals surface area contributed by atoms with Gasteiger partial charge < -0.3 is 38.9 Å². The predicted octanol–water partition coefficient (Wildman–Crippen LogP) is 3.42. The first-order chi connectivity index (χ1) is 23.6. The fourth-order valence-corrected chi connectivity index (χ4v) is 5.11. The maximum Gasteiger partial charge on any atom is 0.362 e. The maximum atomic E-state index is 12.7. The second kappa shape index (κ2) is 27.7. The summed E-state index contributed by atoms with van der Waals surface area (Å²) in [7, 11) is 7.72. The summed E-state index contributed by atoms with van der Waals surface area (Å²) in [6, 6.07) is 0. The molecule has 50 heavy (non-hydrogen) atoms. The molecule has 0 aliphatic heterocycles. The van der Waals surface area contributed by atoms with Crippen LogP contribution in [0.2, 0.25) is 0 Å². The number of likely N-dealkylation sites (N-methyl/N-ethyl adjacent to an activating group) is 2. The van der Waals surface area contributed by atoms with Crippen LogP contribution in [-0.2, 0) is 38.2 Å². The van der Waals surface area contributed by atoms with Gasteiger partial charge in [0.25, 0.3) is 0 Å². The van der Waals surface area contributed by atoms with Crippen molar-refractivity contribution < 1.29 is 52.3 Å². The van der Waals surface area contributed by atoms with Crippen LogP contribution >= 0.6 is 0 Å². The molecule has 0 radical (unpaired) electrons. The highest BCUT2D eigenvalue weighted by Crippen LogP contribution is 2.16. The Balaban J connectivity index is 4.13. The molecule has 0 aromatic carbocycles. The summed E-state index contributed by atoms with van der Waals surface area (Å²) in [6.07, 6.45) is 13.3. The molecular weight excluding hydrogens is 644 g/mol. The summed E-state index contributed by atoms with van der Waals surface area (Å²) in [5, 5.41) is 16.5. The molecule has 13 nitrogen and oxygen atoms in total. The van der Waals surface area contributed by atoms with E-state index in [9.17, 15) is 29.1 Å². The van der Waals surface area contributed by atoms with Gasteiger partial charge in [-0.05, 0) is 38.5 Å². The number of nitrogens with one attached hydrogen (secondary N) is 2. The van der Waals surface area contributed by atoms with E-state index in [4.69, 9.17) is 14.2 Å². The van der Waals surface area contributed by atoms with Gasteiger partial charge in [0, 0.05) is 33.4 Å². The number of esters is 3. The zero-order valence-corrected chi connectivity index (χ0v) is 32.3. The van der Waals surface area contributed by atoms with Gasteiger partial charge in [0.15, 0.2) is 6.54 Å². The molecule has 0 aromatic rings. The summed E-state index contributed by atoms with van der Waals surface area (Å²) in [4.78, 5) is 58.9. The van der Waals surface area contributed by atoms with Crippen molar-refractivity contribution in [3.05, 3.63) is 12.2 Å². The SMILES string of the molecule is CCCCCC(OC(=O)C[N+](C)(C)CCOC(C)=O)C(O)CC=CCCCCCCCC(=O)NCCNC(=O)CC[N+](C)(C)CCOC(C)=O. The number of aliphatic hydroxyl groups excluding tert-OH is 1. The van der Waals surface area contributed by atoms with Gasteiger partial charge in [0.2, 0.25) is 11.8 Å². The van der Waals surface area contributed by atoms with Gasteiger partial charge in [-0.25, -0.2) is 4.79 Å². The molecule has 13 heteroatoms. The fraction of sp³-hybridized carbons (Fsp3) is 0.811. The minimum atomic E-state index is -0.770. The predicted molar refractivity (Wildman–Crippen MR) is 194 cm³/mol. The number of hydrogen-bond donors (Lipinski definition) is 3. The summed E-state index contributed by atoms with van der Waals surface area (Å²) in [5.41, 5.74) is 0. The lowest BCUT2D eigenvalue weighted by Gasteiger charge is -2.30. The number of hydrogen-bond acceptors (Lipinski definition) is 9. The number of unbranched alkanes of at least 4 members (excludes halogenated alkanes) is 7. The van der Waals surface area contributed by atoms with E-state index in [0.29, 0.717) is 74.0 Å². The molecule has 0 rings (SSSR count). The van der Waals surface area contributed by atoms with E-state index in [0.717, 1.165) is 57.8 Å². The van der Waals surface area contributed by atoms with Crippen LogP contribution in [0, 0.1) is 0 Å². The first kappa shape index (κ1) is 47.0. The van der Waals surface area contributed by atoms with Gasteiger partial charge in [-0.15, -0.1) is 0 Å². The second-order valence-electron chi connectivity index (χ2n) is 14.4. The van der Waals surface area contributed by atoms with Gasteiger partial charge in [-0.3, -0.25) is 19.2 Å². The molecule has 3 N–H and O–H groups in total. The number of carbonyl (C=O) groups excluding carboxylic acids is 5. The average Bonchev–Trinajstić information content (AvgIpc) is 3.01. The Morgan fingerprint density at radius 3 is 1.86 bits per heavy atom. The number of allylic oxidation sites excluding steroid dienone is 1. The lowest BCUT2D eigenvalue weighted by molar-refractivity contribution is -0.889. The van der Waals surface area contributed by atoms with Crippen molar-refractivity contribution in [2.75, 3.05) is 80.7 Å². The number of carbonyl (C=O) groups is 5. The number of ether oxygens (including phenoxy) is 3. The standard InChI is InChI=1S/C37H68N4O9/c1-8-9-16-20-34(50-37(47)30-41(6,7)27-29-49-32(3)43)33(44)19-17-14-12-10-11-13-15-18-21-35(45)38-23-24-39-36(46)22-25-40(4,5)26-28-48-31(2)42/h14,17,33-34,44H,8-13,15-16,18-30H2,1-7H3/p+2. The third-order valence-electron chi connectivity index (χ3n) is 8.40. The quantitative estimate of drug-likeness (QED) is 0.0334. The van der Waals surface area contributed by atoms with E-state index < -0.39 is 12.2 Å². The van der Waals surface area contributed by atoms with Crippen LogP contribution in [0.5, 0.6) is 0 Å². The topological polar surface area (TPSA) is 157 Å². The zero-order chi connectivity index (χ0) is 37.8. The zero-order valence-electron chi connectivity index (χ0n) is 32.3. The molecule has 2 unspecified atom stereocenters. The Labute approximate surface area is 301 Å². The lowest BCUT2D eigenvalue weighted by atomic mass is 10.0. The van der Waals surface area contributed by atoms with Crippen LogP contribution < -0.4 is 10.6 Å². The molecule has 0 aliphatic rings. The number of aliphatic hydroxyl groups is 1. The van der Waals surface area contributed by atoms with E-state index in [1.165, 1.54) is 13.8 Å². The molecule has 290 valence electrons. The summed E-state index contributed by atoms with van der Waals surface area (Å²) in [5.74, 6) is -1.10. The van der Waals surface area contributed by atoms with Crippen LogP contribution in [0.15, 0.2) is 12.2 Å². The highest BCUT2D eigenvalue weighted by Gasteiger charge is 2.27. The Hall–Kier alpha value is -3.03. The highest BCUT2D eigenvalue weighted by molar-refractivity contribution is 5.77. The number of nitrogens with zero attached hydrogens (tertiary/aromatic N) is 2. The van der Waals surface area contributed by atoms with Crippen LogP contribution in [0.1, 0.15) is 104 Å². The molecule has 2 amide bonds. The lowest BCUT2D eigenvalue weighted by Crippen LogP contribution is -2.47. The normalized spacial score (nSPS) is 13.0. The van der Waals surface area contributed by atoms with Crippen LogP contribution in [0.3, 0.4) is 0 Å². The Morgan fingerprint density at radius 1 is 0.700 bits per heavy atom. The first-order valence-corrected chi connectivity index (χ1v) is 18.5. The van der Waals surface area contributed by atoms with Crippen LogP contribution in [0.4, 0.5) is 0 Å². The van der Waals surface area contributed by atoms with Crippen molar-refractivity contribution in [1.29, 1.82) is 0 Å². The van der Waals surface area contributed by atoms with Crippen molar-refractivity contribution in [1.82, 2.24) is 10.6 Å². The summed E-state index contributed by atoms with van der Waals surface area (Å²) in [6.45, 7) is 8.05. The maximum absolute atomic E-state index is 12.7. The van der Waals surface area contributed by atoms with E-state index in [1.54, 1.807) is 0 Å². The molecule has 0 fully saturated rings. The number of quaternary nitrogens is 2. The van der Waals surface area contributed by atoms with Crippen molar-refractivity contribution in [2.24, 2.45) is 0 Å².